The Morgan fingerprint density at radius 2 is 2.22 bits per heavy atom. The van der Waals surface area contributed by atoms with E-state index in [2.05, 4.69) is 9.97 Å². The molecule has 1 saturated heterocycles. The van der Waals surface area contributed by atoms with E-state index in [0.717, 1.165) is 6.20 Å². The van der Waals surface area contributed by atoms with Crippen LogP contribution in [0.3, 0.4) is 0 Å². The molecular weight excluding hydrogens is 261 g/mol. The van der Waals surface area contributed by atoms with Gasteiger partial charge in [-0.25, -0.2) is 9.37 Å². The van der Waals surface area contributed by atoms with Crippen molar-refractivity contribution < 1.29 is 13.9 Å². The van der Waals surface area contributed by atoms with E-state index in [4.69, 9.17) is 16.3 Å². The minimum atomic E-state index is -0.504. The van der Waals surface area contributed by atoms with Gasteiger partial charge in [0.25, 0.3) is 0 Å². The van der Waals surface area contributed by atoms with Gasteiger partial charge in [0, 0.05) is 13.1 Å². The van der Waals surface area contributed by atoms with Gasteiger partial charge in [-0.05, 0) is 24.4 Å². The number of aromatic nitrogens is 2. The Morgan fingerprint density at radius 3 is 2.83 bits per heavy atom. The number of anilines is 1. The van der Waals surface area contributed by atoms with Gasteiger partial charge in [0.05, 0.1) is 19.2 Å². The van der Waals surface area contributed by atoms with Gasteiger partial charge in [-0.2, -0.15) is 4.98 Å². The Morgan fingerprint density at radius 1 is 1.56 bits per heavy atom. The fraction of sp³-hybridized carbons (Fsp3) is 0.545. The zero-order valence-corrected chi connectivity index (χ0v) is 10.7. The number of ether oxygens (including phenoxy) is 1. The number of piperidine rings is 1. The predicted molar refractivity (Wildman–Crippen MR) is 64.0 cm³/mol. The monoisotopic (exact) mass is 273 g/mol. The number of nitrogens with zero attached hydrogens (tertiary/aromatic N) is 3. The molecule has 1 fully saturated rings. The third kappa shape index (κ3) is 2.69. The summed E-state index contributed by atoms with van der Waals surface area (Å²) < 4.78 is 18.3. The Balaban J connectivity index is 2.05. The highest BCUT2D eigenvalue weighted by Crippen LogP contribution is 2.25. The zero-order valence-electron chi connectivity index (χ0n) is 9.90. The van der Waals surface area contributed by atoms with E-state index >= 15 is 0 Å². The number of hydrogen-bond acceptors (Lipinski definition) is 5. The summed E-state index contributed by atoms with van der Waals surface area (Å²) in [4.78, 5) is 20.6. The summed E-state index contributed by atoms with van der Waals surface area (Å²) in [6.07, 6.45) is 2.29. The first-order valence-electron chi connectivity index (χ1n) is 5.62. The number of carbonyl (C=O) groups excluding carboxylic acids is 1. The average Bonchev–Trinajstić information content (AvgIpc) is 2.41. The molecule has 18 heavy (non-hydrogen) atoms. The second kappa shape index (κ2) is 5.48. The van der Waals surface area contributed by atoms with Crippen molar-refractivity contribution in [3.8, 4) is 0 Å². The Labute approximate surface area is 109 Å². The van der Waals surface area contributed by atoms with Gasteiger partial charge < -0.3 is 9.64 Å². The topological polar surface area (TPSA) is 55.3 Å². The van der Waals surface area contributed by atoms with Crippen molar-refractivity contribution in [3.05, 3.63) is 17.3 Å². The Bertz CT molecular complexity index is 450. The van der Waals surface area contributed by atoms with E-state index in [0.29, 0.717) is 25.9 Å². The number of halogens is 2. The van der Waals surface area contributed by atoms with Crippen LogP contribution in [0.2, 0.25) is 5.28 Å². The van der Waals surface area contributed by atoms with Crippen molar-refractivity contribution >= 4 is 23.4 Å². The highest BCUT2D eigenvalue weighted by Gasteiger charge is 2.27. The SMILES string of the molecule is COC(=O)C1CCN(c2nc(Cl)ncc2F)CC1. The van der Waals surface area contributed by atoms with Crippen molar-refractivity contribution in [3.63, 3.8) is 0 Å². The van der Waals surface area contributed by atoms with Gasteiger partial charge in [-0.1, -0.05) is 0 Å². The van der Waals surface area contributed by atoms with Crippen molar-refractivity contribution in [2.75, 3.05) is 25.1 Å². The van der Waals surface area contributed by atoms with Crippen LogP contribution in [0, 0.1) is 11.7 Å². The molecule has 0 unspecified atom stereocenters. The minimum absolute atomic E-state index is 0.0153. The molecule has 0 spiro atoms. The third-order valence-electron chi connectivity index (χ3n) is 3.03. The minimum Gasteiger partial charge on any atom is -0.469 e. The normalized spacial score (nSPS) is 16.7. The summed E-state index contributed by atoms with van der Waals surface area (Å²) in [6.45, 7) is 1.09. The van der Waals surface area contributed by atoms with Crippen LogP contribution in [0.5, 0.6) is 0 Å². The second-order valence-electron chi connectivity index (χ2n) is 4.10. The molecule has 0 bridgehead atoms. The quantitative estimate of drug-likeness (QED) is 0.606. The molecule has 0 aromatic carbocycles. The Hall–Kier alpha value is -1.43. The van der Waals surface area contributed by atoms with Gasteiger partial charge in [-0.15, -0.1) is 0 Å². The number of carbonyl (C=O) groups is 1. The van der Waals surface area contributed by atoms with Crippen LogP contribution in [0.15, 0.2) is 6.20 Å². The third-order valence-corrected chi connectivity index (χ3v) is 3.21. The molecule has 1 aromatic heterocycles. The molecule has 0 N–H and O–H groups in total. The maximum atomic E-state index is 13.6. The largest absolute Gasteiger partial charge is 0.469 e. The average molecular weight is 274 g/mol. The highest BCUT2D eigenvalue weighted by atomic mass is 35.5. The van der Waals surface area contributed by atoms with E-state index in [1.165, 1.54) is 7.11 Å². The lowest BCUT2D eigenvalue weighted by Gasteiger charge is -2.31. The van der Waals surface area contributed by atoms with Crippen molar-refractivity contribution in [1.29, 1.82) is 0 Å². The number of esters is 1. The molecule has 98 valence electrons. The molecular formula is C11H13ClFN3O2. The van der Waals surface area contributed by atoms with Gasteiger partial charge in [-0.3, -0.25) is 4.79 Å². The zero-order chi connectivity index (χ0) is 13.1. The van der Waals surface area contributed by atoms with Crippen LogP contribution < -0.4 is 4.90 Å². The summed E-state index contributed by atoms with van der Waals surface area (Å²) in [5.41, 5.74) is 0. The maximum Gasteiger partial charge on any atom is 0.308 e. The van der Waals surface area contributed by atoms with Crippen molar-refractivity contribution in [2.45, 2.75) is 12.8 Å². The van der Waals surface area contributed by atoms with Crippen molar-refractivity contribution in [2.24, 2.45) is 5.92 Å². The van der Waals surface area contributed by atoms with Gasteiger partial charge in [0.2, 0.25) is 5.28 Å². The fourth-order valence-electron chi connectivity index (χ4n) is 2.05. The van der Waals surface area contributed by atoms with Gasteiger partial charge in [0.1, 0.15) is 0 Å². The molecule has 2 heterocycles. The fourth-order valence-corrected chi connectivity index (χ4v) is 2.18. The van der Waals surface area contributed by atoms with E-state index in [-0.39, 0.29) is 23.0 Å². The smallest absolute Gasteiger partial charge is 0.308 e. The first-order chi connectivity index (χ1) is 8.61. The van der Waals surface area contributed by atoms with Crippen LogP contribution in [-0.2, 0) is 9.53 Å². The lowest BCUT2D eigenvalue weighted by Crippen LogP contribution is -2.37. The lowest BCUT2D eigenvalue weighted by molar-refractivity contribution is -0.146. The lowest BCUT2D eigenvalue weighted by atomic mass is 9.97. The molecule has 1 aromatic rings. The van der Waals surface area contributed by atoms with E-state index in [9.17, 15) is 9.18 Å². The van der Waals surface area contributed by atoms with Crippen LogP contribution in [0.25, 0.3) is 0 Å². The number of methoxy groups -OCH3 is 1. The van der Waals surface area contributed by atoms with Gasteiger partial charge in [0.15, 0.2) is 11.6 Å². The first kappa shape index (κ1) is 13.0. The molecule has 0 atom stereocenters. The molecule has 0 radical (unpaired) electrons. The second-order valence-corrected chi connectivity index (χ2v) is 4.43. The molecule has 0 saturated carbocycles. The van der Waals surface area contributed by atoms with Crippen LogP contribution in [0.4, 0.5) is 10.2 Å². The van der Waals surface area contributed by atoms with Crippen molar-refractivity contribution in [1.82, 2.24) is 9.97 Å². The maximum absolute atomic E-state index is 13.6. The standard InChI is InChI=1S/C11H13ClFN3O2/c1-18-10(17)7-2-4-16(5-3-7)9-8(13)6-14-11(12)15-9/h6-7H,2-5H2,1H3. The summed E-state index contributed by atoms with van der Waals surface area (Å²) in [7, 11) is 1.37. The molecule has 2 rings (SSSR count). The first-order valence-corrected chi connectivity index (χ1v) is 6.00. The van der Waals surface area contributed by atoms with Crippen LogP contribution in [0.1, 0.15) is 12.8 Å². The molecule has 5 nitrogen and oxygen atoms in total. The number of hydrogen-bond donors (Lipinski definition) is 0. The summed E-state index contributed by atoms with van der Waals surface area (Å²) in [5, 5.41) is 0.0153. The molecule has 1 aliphatic heterocycles. The Kier molecular flexibility index (Phi) is 3.96. The van der Waals surface area contributed by atoms with Gasteiger partial charge >= 0.3 is 5.97 Å². The summed E-state index contributed by atoms with van der Waals surface area (Å²) >= 11 is 5.65. The van der Waals surface area contributed by atoms with Crippen LogP contribution in [-0.4, -0.2) is 36.1 Å². The summed E-state index contributed by atoms with van der Waals surface area (Å²) in [6, 6.07) is 0. The molecule has 0 amide bonds. The molecule has 0 aliphatic carbocycles. The van der Waals surface area contributed by atoms with Crippen LogP contribution >= 0.6 is 11.6 Å². The van der Waals surface area contributed by atoms with E-state index in [1.54, 1.807) is 4.90 Å². The van der Waals surface area contributed by atoms with E-state index in [1.807, 2.05) is 0 Å². The highest BCUT2D eigenvalue weighted by molar-refractivity contribution is 6.28. The summed E-state index contributed by atoms with van der Waals surface area (Å²) in [5.74, 6) is -0.642. The molecule has 7 heteroatoms. The number of rotatable bonds is 2. The van der Waals surface area contributed by atoms with E-state index < -0.39 is 5.82 Å². The molecule has 1 aliphatic rings. The predicted octanol–water partition coefficient (Wildman–Crippen LogP) is 1.66.